The number of hydrogen-bond donors (Lipinski definition) is 1. The zero-order valence-corrected chi connectivity index (χ0v) is 13.2. The molecule has 2 rings (SSSR count). The van der Waals surface area contributed by atoms with E-state index in [1.54, 1.807) is 18.2 Å². The van der Waals surface area contributed by atoms with E-state index in [-0.39, 0.29) is 11.9 Å². The number of benzene rings is 1. The van der Waals surface area contributed by atoms with Gasteiger partial charge < -0.3 is 10.0 Å². The Kier molecular flexibility index (Phi) is 5.31. The molecule has 1 saturated heterocycles. The van der Waals surface area contributed by atoms with Crippen LogP contribution < -0.4 is 0 Å². The standard InChI is InChI=1S/C15H16ClNO3S/c1-10-9-21-7-6-17(10)15(20)12-3-2-11(13(16)8-12)4-5-14(18)19/h2-5,8,10H,6-7,9H2,1H3,(H,18,19)/b5-4+. The molecule has 1 atom stereocenters. The highest BCUT2D eigenvalue weighted by Gasteiger charge is 2.24. The predicted molar refractivity (Wildman–Crippen MR) is 85.9 cm³/mol. The lowest BCUT2D eigenvalue weighted by Crippen LogP contribution is -2.44. The minimum absolute atomic E-state index is 0.0292. The van der Waals surface area contributed by atoms with E-state index >= 15 is 0 Å². The number of halogens is 1. The van der Waals surface area contributed by atoms with Crippen molar-refractivity contribution in [3.05, 3.63) is 40.4 Å². The summed E-state index contributed by atoms with van der Waals surface area (Å²) in [5, 5.41) is 8.99. The SMILES string of the molecule is CC1CSCCN1C(=O)c1ccc(/C=C/C(=O)O)c(Cl)c1. The van der Waals surface area contributed by atoms with Crippen LogP contribution in [-0.4, -0.2) is 46.0 Å². The third-order valence-electron chi connectivity index (χ3n) is 3.28. The van der Waals surface area contributed by atoms with Gasteiger partial charge >= 0.3 is 5.97 Å². The van der Waals surface area contributed by atoms with Gasteiger partial charge in [-0.25, -0.2) is 4.79 Å². The smallest absolute Gasteiger partial charge is 0.328 e. The first-order chi connectivity index (χ1) is 9.99. The first-order valence-electron chi connectivity index (χ1n) is 6.58. The molecule has 0 saturated carbocycles. The van der Waals surface area contributed by atoms with Crippen LogP contribution >= 0.6 is 23.4 Å². The summed E-state index contributed by atoms with van der Waals surface area (Å²) in [6.07, 6.45) is 2.44. The zero-order chi connectivity index (χ0) is 15.4. The summed E-state index contributed by atoms with van der Waals surface area (Å²) in [6.45, 7) is 2.78. The topological polar surface area (TPSA) is 57.6 Å². The number of nitrogens with zero attached hydrogens (tertiary/aromatic N) is 1. The molecule has 1 aliphatic rings. The van der Waals surface area contributed by atoms with Gasteiger partial charge in [-0.15, -0.1) is 0 Å². The maximum absolute atomic E-state index is 12.5. The summed E-state index contributed by atoms with van der Waals surface area (Å²) in [4.78, 5) is 24.9. The van der Waals surface area contributed by atoms with Crippen molar-refractivity contribution < 1.29 is 14.7 Å². The molecule has 1 heterocycles. The first kappa shape index (κ1) is 15.9. The Morgan fingerprint density at radius 1 is 1.48 bits per heavy atom. The predicted octanol–water partition coefficient (Wildman–Crippen LogP) is 3.02. The number of carbonyl (C=O) groups is 2. The van der Waals surface area contributed by atoms with Gasteiger partial charge in [0, 0.05) is 40.8 Å². The van der Waals surface area contributed by atoms with Crippen LogP contribution in [0.3, 0.4) is 0 Å². The quantitative estimate of drug-likeness (QED) is 0.868. The fourth-order valence-electron chi connectivity index (χ4n) is 2.15. The third-order valence-corrected chi connectivity index (χ3v) is 4.80. The maximum atomic E-state index is 12.5. The summed E-state index contributed by atoms with van der Waals surface area (Å²) in [6, 6.07) is 5.16. The molecule has 1 aromatic carbocycles. The average Bonchev–Trinajstić information content (AvgIpc) is 2.45. The highest BCUT2D eigenvalue weighted by atomic mass is 35.5. The number of hydrogen-bond acceptors (Lipinski definition) is 3. The molecule has 0 radical (unpaired) electrons. The van der Waals surface area contributed by atoms with E-state index in [4.69, 9.17) is 16.7 Å². The summed E-state index contributed by atoms with van der Waals surface area (Å²) >= 11 is 7.96. The number of amides is 1. The van der Waals surface area contributed by atoms with Crippen molar-refractivity contribution in [2.75, 3.05) is 18.1 Å². The Labute approximate surface area is 132 Å². The largest absolute Gasteiger partial charge is 0.478 e. The number of aliphatic carboxylic acids is 1. The number of carbonyl (C=O) groups excluding carboxylic acids is 1. The Morgan fingerprint density at radius 3 is 2.86 bits per heavy atom. The second-order valence-corrected chi connectivity index (χ2v) is 6.39. The van der Waals surface area contributed by atoms with Gasteiger partial charge in [-0.2, -0.15) is 11.8 Å². The first-order valence-corrected chi connectivity index (χ1v) is 8.11. The number of thioether (sulfide) groups is 1. The van der Waals surface area contributed by atoms with E-state index in [2.05, 4.69) is 0 Å². The lowest BCUT2D eigenvalue weighted by atomic mass is 10.1. The summed E-state index contributed by atoms with van der Waals surface area (Å²) in [7, 11) is 0. The van der Waals surface area contributed by atoms with Gasteiger partial charge in [0.15, 0.2) is 0 Å². The van der Waals surface area contributed by atoms with Crippen LogP contribution in [0.4, 0.5) is 0 Å². The molecule has 0 bridgehead atoms. The molecule has 1 aromatic rings. The summed E-state index contributed by atoms with van der Waals surface area (Å²) < 4.78 is 0. The molecule has 0 aromatic heterocycles. The molecular formula is C15H16ClNO3S. The minimum atomic E-state index is -1.04. The van der Waals surface area contributed by atoms with Gasteiger partial charge in [-0.05, 0) is 30.7 Å². The van der Waals surface area contributed by atoms with Crippen molar-refractivity contribution >= 4 is 41.3 Å². The molecule has 1 aliphatic heterocycles. The van der Waals surface area contributed by atoms with E-state index in [1.165, 1.54) is 6.08 Å². The summed E-state index contributed by atoms with van der Waals surface area (Å²) in [5.41, 5.74) is 1.11. The van der Waals surface area contributed by atoms with Crippen molar-refractivity contribution in [2.24, 2.45) is 0 Å². The van der Waals surface area contributed by atoms with Crippen LogP contribution in [0.5, 0.6) is 0 Å². The van der Waals surface area contributed by atoms with E-state index < -0.39 is 5.97 Å². The summed E-state index contributed by atoms with van der Waals surface area (Å²) in [5.74, 6) is 0.826. The van der Waals surface area contributed by atoms with E-state index in [1.807, 2.05) is 23.6 Å². The van der Waals surface area contributed by atoms with Crippen molar-refractivity contribution in [1.82, 2.24) is 4.90 Å². The van der Waals surface area contributed by atoms with Crippen molar-refractivity contribution in [1.29, 1.82) is 0 Å². The maximum Gasteiger partial charge on any atom is 0.328 e. The van der Waals surface area contributed by atoms with Gasteiger partial charge in [0.1, 0.15) is 0 Å². The molecule has 0 aliphatic carbocycles. The highest BCUT2D eigenvalue weighted by Crippen LogP contribution is 2.23. The Morgan fingerprint density at radius 2 is 2.24 bits per heavy atom. The molecule has 1 amide bonds. The number of rotatable bonds is 3. The normalized spacial score (nSPS) is 19.0. The van der Waals surface area contributed by atoms with Gasteiger partial charge in [0.25, 0.3) is 5.91 Å². The van der Waals surface area contributed by atoms with Crippen molar-refractivity contribution in [2.45, 2.75) is 13.0 Å². The molecule has 21 heavy (non-hydrogen) atoms. The Bertz CT molecular complexity index is 588. The lowest BCUT2D eigenvalue weighted by Gasteiger charge is -2.33. The second kappa shape index (κ2) is 7.00. The third kappa shape index (κ3) is 4.02. The fraction of sp³-hybridized carbons (Fsp3) is 0.333. The number of carboxylic acid groups (broad SMARTS) is 1. The average molecular weight is 326 g/mol. The zero-order valence-electron chi connectivity index (χ0n) is 11.6. The molecule has 6 heteroatoms. The molecule has 0 spiro atoms. The van der Waals surface area contributed by atoms with Gasteiger partial charge in [0.2, 0.25) is 0 Å². The Balaban J connectivity index is 2.19. The van der Waals surface area contributed by atoms with Crippen LogP contribution in [0.2, 0.25) is 5.02 Å². The van der Waals surface area contributed by atoms with Crippen LogP contribution in [-0.2, 0) is 4.79 Å². The van der Waals surface area contributed by atoms with Gasteiger partial charge in [0.05, 0.1) is 0 Å². The lowest BCUT2D eigenvalue weighted by molar-refractivity contribution is -0.131. The molecule has 1 unspecified atom stereocenters. The molecule has 112 valence electrons. The monoisotopic (exact) mass is 325 g/mol. The van der Waals surface area contributed by atoms with Gasteiger partial charge in [-0.1, -0.05) is 17.7 Å². The second-order valence-electron chi connectivity index (χ2n) is 4.83. The molecule has 1 N–H and O–H groups in total. The van der Waals surface area contributed by atoms with E-state index in [0.717, 1.165) is 24.1 Å². The van der Waals surface area contributed by atoms with E-state index in [9.17, 15) is 9.59 Å². The number of carboxylic acids is 1. The van der Waals surface area contributed by atoms with Crippen molar-refractivity contribution in [3.63, 3.8) is 0 Å². The van der Waals surface area contributed by atoms with Crippen molar-refractivity contribution in [3.8, 4) is 0 Å². The fourth-order valence-corrected chi connectivity index (χ4v) is 3.41. The molecule has 1 fully saturated rings. The molecular weight excluding hydrogens is 310 g/mol. The van der Waals surface area contributed by atoms with Gasteiger partial charge in [-0.3, -0.25) is 4.79 Å². The highest BCUT2D eigenvalue weighted by molar-refractivity contribution is 7.99. The van der Waals surface area contributed by atoms with Crippen LogP contribution in [0.15, 0.2) is 24.3 Å². The van der Waals surface area contributed by atoms with Crippen LogP contribution in [0.1, 0.15) is 22.8 Å². The Hall–Kier alpha value is -1.46. The molecule has 4 nitrogen and oxygen atoms in total. The van der Waals surface area contributed by atoms with E-state index in [0.29, 0.717) is 16.1 Å². The van der Waals surface area contributed by atoms with Crippen LogP contribution in [0, 0.1) is 0 Å². The minimum Gasteiger partial charge on any atom is -0.478 e. The van der Waals surface area contributed by atoms with Crippen LogP contribution in [0.25, 0.3) is 6.08 Å².